The SMILES string of the molecule is CCc1ccccc1NC(=O)CNC(=O)COC(=O)[C@@H](C)Sc1ccccc1. The Hall–Kier alpha value is -2.80. The molecule has 2 aromatic carbocycles. The molecule has 6 nitrogen and oxygen atoms in total. The Balaban J connectivity index is 1.70. The quantitative estimate of drug-likeness (QED) is 0.499. The minimum atomic E-state index is -0.524. The number of thioether (sulfide) groups is 1. The third-order valence-electron chi connectivity index (χ3n) is 3.85. The van der Waals surface area contributed by atoms with Crippen molar-refractivity contribution in [1.82, 2.24) is 5.32 Å². The molecule has 0 radical (unpaired) electrons. The highest BCUT2D eigenvalue weighted by molar-refractivity contribution is 8.00. The van der Waals surface area contributed by atoms with Crippen LogP contribution in [0.3, 0.4) is 0 Å². The lowest BCUT2D eigenvalue weighted by Crippen LogP contribution is -2.36. The summed E-state index contributed by atoms with van der Waals surface area (Å²) in [6.07, 6.45) is 0.790. The summed E-state index contributed by atoms with van der Waals surface area (Å²) in [6, 6.07) is 17.0. The molecule has 0 aliphatic rings. The van der Waals surface area contributed by atoms with Gasteiger partial charge in [-0.2, -0.15) is 0 Å². The number of para-hydroxylation sites is 1. The van der Waals surface area contributed by atoms with Gasteiger partial charge in [0.25, 0.3) is 5.91 Å². The topological polar surface area (TPSA) is 84.5 Å². The molecular formula is C21H24N2O4S. The third-order valence-corrected chi connectivity index (χ3v) is 4.94. The Morgan fingerprint density at radius 1 is 1.00 bits per heavy atom. The number of amides is 2. The Morgan fingerprint density at radius 2 is 1.68 bits per heavy atom. The highest BCUT2D eigenvalue weighted by Gasteiger charge is 2.17. The molecule has 0 aliphatic heterocycles. The number of aryl methyl sites for hydroxylation is 1. The van der Waals surface area contributed by atoms with E-state index < -0.39 is 23.7 Å². The van der Waals surface area contributed by atoms with Crippen LogP contribution in [0.2, 0.25) is 0 Å². The number of esters is 1. The normalized spacial score (nSPS) is 11.4. The number of nitrogens with one attached hydrogen (secondary N) is 2. The Bertz CT molecular complexity index is 811. The van der Waals surface area contributed by atoms with Gasteiger partial charge in [-0.1, -0.05) is 43.3 Å². The van der Waals surface area contributed by atoms with Crippen molar-refractivity contribution in [1.29, 1.82) is 0 Å². The maximum Gasteiger partial charge on any atom is 0.319 e. The van der Waals surface area contributed by atoms with Crippen molar-refractivity contribution < 1.29 is 19.1 Å². The summed E-state index contributed by atoms with van der Waals surface area (Å²) in [5.41, 5.74) is 1.74. The number of rotatable bonds is 9. The van der Waals surface area contributed by atoms with E-state index in [4.69, 9.17) is 4.74 Å². The first-order chi connectivity index (χ1) is 13.5. The molecule has 7 heteroatoms. The van der Waals surface area contributed by atoms with Crippen molar-refractivity contribution in [3.8, 4) is 0 Å². The van der Waals surface area contributed by atoms with Gasteiger partial charge in [-0.15, -0.1) is 11.8 Å². The number of anilines is 1. The predicted molar refractivity (Wildman–Crippen MR) is 110 cm³/mol. The lowest BCUT2D eigenvalue weighted by Gasteiger charge is -2.12. The Kier molecular flexibility index (Phi) is 8.55. The molecule has 0 aromatic heterocycles. The Labute approximate surface area is 169 Å². The van der Waals surface area contributed by atoms with Gasteiger partial charge in [0.1, 0.15) is 5.25 Å². The van der Waals surface area contributed by atoms with E-state index in [1.165, 1.54) is 11.8 Å². The van der Waals surface area contributed by atoms with Gasteiger partial charge in [0.2, 0.25) is 5.91 Å². The van der Waals surface area contributed by atoms with E-state index in [-0.39, 0.29) is 12.5 Å². The Morgan fingerprint density at radius 3 is 2.39 bits per heavy atom. The first-order valence-electron chi connectivity index (χ1n) is 9.02. The van der Waals surface area contributed by atoms with Crippen LogP contribution < -0.4 is 10.6 Å². The maximum atomic E-state index is 12.0. The summed E-state index contributed by atoms with van der Waals surface area (Å²) < 4.78 is 5.02. The summed E-state index contributed by atoms with van der Waals surface area (Å²) >= 11 is 1.36. The van der Waals surface area contributed by atoms with E-state index in [9.17, 15) is 14.4 Å². The fourth-order valence-corrected chi connectivity index (χ4v) is 3.27. The van der Waals surface area contributed by atoms with Gasteiger partial charge in [-0.25, -0.2) is 0 Å². The molecule has 0 fully saturated rings. The van der Waals surface area contributed by atoms with E-state index in [1.54, 1.807) is 6.92 Å². The van der Waals surface area contributed by atoms with Crippen LogP contribution in [0.1, 0.15) is 19.4 Å². The first kappa shape index (κ1) is 21.5. The third kappa shape index (κ3) is 7.08. The van der Waals surface area contributed by atoms with Gasteiger partial charge in [0, 0.05) is 10.6 Å². The summed E-state index contributed by atoms with van der Waals surface area (Å²) in [7, 11) is 0. The van der Waals surface area contributed by atoms with Crippen molar-refractivity contribution in [2.75, 3.05) is 18.5 Å². The van der Waals surface area contributed by atoms with Crippen LogP contribution in [0.5, 0.6) is 0 Å². The minimum absolute atomic E-state index is 0.192. The summed E-state index contributed by atoms with van der Waals surface area (Å²) in [4.78, 5) is 36.8. The van der Waals surface area contributed by atoms with E-state index in [2.05, 4.69) is 10.6 Å². The molecular weight excluding hydrogens is 376 g/mol. The molecule has 2 rings (SSSR count). The lowest BCUT2D eigenvalue weighted by molar-refractivity contribution is -0.147. The lowest BCUT2D eigenvalue weighted by atomic mass is 10.1. The smallest absolute Gasteiger partial charge is 0.319 e. The second-order valence-corrected chi connectivity index (χ2v) is 7.43. The predicted octanol–water partition coefficient (Wildman–Crippen LogP) is 3.03. The zero-order chi connectivity index (χ0) is 20.4. The van der Waals surface area contributed by atoms with Gasteiger partial charge >= 0.3 is 5.97 Å². The molecule has 28 heavy (non-hydrogen) atoms. The van der Waals surface area contributed by atoms with Crippen LogP contribution in [0, 0.1) is 0 Å². The van der Waals surface area contributed by atoms with E-state index >= 15 is 0 Å². The van der Waals surface area contributed by atoms with Crippen molar-refractivity contribution in [3.63, 3.8) is 0 Å². The van der Waals surface area contributed by atoms with E-state index in [0.29, 0.717) is 0 Å². The van der Waals surface area contributed by atoms with Crippen LogP contribution in [0.25, 0.3) is 0 Å². The average Bonchev–Trinajstić information content (AvgIpc) is 2.71. The highest BCUT2D eigenvalue weighted by Crippen LogP contribution is 2.23. The van der Waals surface area contributed by atoms with E-state index in [1.807, 2.05) is 61.5 Å². The van der Waals surface area contributed by atoms with Crippen LogP contribution in [-0.2, 0) is 25.5 Å². The number of carbonyl (C=O) groups is 3. The number of carbonyl (C=O) groups excluding carboxylic acids is 3. The zero-order valence-corrected chi connectivity index (χ0v) is 16.8. The molecule has 0 bridgehead atoms. The number of ether oxygens (including phenoxy) is 1. The van der Waals surface area contributed by atoms with Crippen LogP contribution in [0.4, 0.5) is 5.69 Å². The van der Waals surface area contributed by atoms with Crippen molar-refractivity contribution in [3.05, 3.63) is 60.2 Å². The van der Waals surface area contributed by atoms with E-state index in [0.717, 1.165) is 22.6 Å². The van der Waals surface area contributed by atoms with Gasteiger partial charge in [0.05, 0.1) is 6.54 Å². The fraction of sp³-hybridized carbons (Fsp3) is 0.286. The summed E-state index contributed by atoms with van der Waals surface area (Å²) in [5, 5.41) is 4.77. The molecule has 2 aromatic rings. The van der Waals surface area contributed by atoms with Crippen molar-refractivity contribution >= 4 is 35.2 Å². The first-order valence-corrected chi connectivity index (χ1v) is 9.90. The second-order valence-electron chi connectivity index (χ2n) is 6.02. The molecule has 0 saturated heterocycles. The largest absolute Gasteiger partial charge is 0.455 e. The standard InChI is InChI=1S/C21H24N2O4S/c1-3-16-9-7-8-12-18(16)23-19(24)13-22-20(25)14-27-21(26)15(2)28-17-10-5-4-6-11-17/h4-12,15H,3,13-14H2,1-2H3,(H,22,25)(H,23,24)/t15-/m1/s1. The molecule has 2 amide bonds. The molecule has 0 heterocycles. The molecule has 1 atom stereocenters. The summed E-state index contributed by atoms with van der Waals surface area (Å²) in [5.74, 6) is -1.34. The molecule has 0 saturated carbocycles. The zero-order valence-electron chi connectivity index (χ0n) is 15.9. The maximum absolute atomic E-state index is 12.0. The molecule has 0 spiro atoms. The van der Waals surface area contributed by atoms with Crippen molar-refractivity contribution in [2.45, 2.75) is 30.4 Å². The van der Waals surface area contributed by atoms with Crippen LogP contribution in [0.15, 0.2) is 59.5 Å². The number of hydrogen-bond acceptors (Lipinski definition) is 5. The summed E-state index contributed by atoms with van der Waals surface area (Å²) in [6.45, 7) is 3.11. The minimum Gasteiger partial charge on any atom is -0.455 e. The van der Waals surface area contributed by atoms with Crippen molar-refractivity contribution in [2.24, 2.45) is 0 Å². The molecule has 2 N–H and O–H groups in total. The second kappa shape index (κ2) is 11.1. The number of hydrogen-bond donors (Lipinski definition) is 2. The average molecular weight is 401 g/mol. The van der Waals surface area contributed by atoms with Gasteiger partial charge in [-0.3, -0.25) is 14.4 Å². The number of benzene rings is 2. The molecule has 0 aliphatic carbocycles. The molecule has 148 valence electrons. The fourth-order valence-electron chi connectivity index (χ4n) is 2.38. The molecule has 0 unspecified atom stereocenters. The monoisotopic (exact) mass is 400 g/mol. The van der Waals surface area contributed by atoms with Gasteiger partial charge in [-0.05, 0) is 37.1 Å². The van der Waals surface area contributed by atoms with Crippen LogP contribution >= 0.6 is 11.8 Å². The van der Waals surface area contributed by atoms with Crippen LogP contribution in [-0.4, -0.2) is 36.2 Å². The van der Waals surface area contributed by atoms with Gasteiger partial charge < -0.3 is 15.4 Å². The van der Waals surface area contributed by atoms with Gasteiger partial charge in [0.15, 0.2) is 6.61 Å². The highest BCUT2D eigenvalue weighted by atomic mass is 32.2.